The lowest BCUT2D eigenvalue weighted by Gasteiger charge is -2.27. The van der Waals surface area contributed by atoms with Crippen molar-refractivity contribution in [2.75, 3.05) is 10.2 Å². The number of para-hydroxylation sites is 4. The molecule has 12 aromatic rings. The van der Waals surface area contributed by atoms with Gasteiger partial charge in [0.2, 0.25) is 0 Å². The molecule has 0 atom stereocenters. The zero-order valence-corrected chi connectivity index (χ0v) is 39.3. The van der Waals surface area contributed by atoms with Gasteiger partial charge in [-0.05, 0) is 129 Å². The average molecular weight is 910 g/mol. The molecule has 12 rings (SSSR count). The lowest BCUT2D eigenvalue weighted by Crippen LogP contribution is -2.10. The van der Waals surface area contributed by atoms with Gasteiger partial charge in [0.1, 0.15) is 0 Å². The Hall–Kier alpha value is -9.44. The van der Waals surface area contributed by atoms with E-state index in [2.05, 4.69) is 264 Å². The number of nitrogens with zero attached hydrogens (tertiary/aromatic N) is 2. The summed E-state index contributed by atoms with van der Waals surface area (Å²) in [6, 6.07) is 97.7. The first-order valence-corrected chi connectivity index (χ1v) is 24.1. The van der Waals surface area contributed by atoms with Gasteiger partial charge in [-0.3, -0.25) is 0 Å². The summed E-state index contributed by atoms with van der Waals surface area (Å²) in [6.45, 7) is 3.57. The Morgan fingerprint density at radius 2 is 0.817 bits per heavy atom. The van der Waals surface area contributed by atoms with Crippen molar-refractivity contribution in [3.63, 3.8) is 0 Å². The predicted octanol–water partition coefficient (Wildman–Crippen LogP) is 18.9. The van der Waals surface area contributed by atoms with Crippen LogP contribution in [0.5, 0.6) is 0 Å². The Balaban J connectivity index is 0.000000442. The van der Waals surface area contributed by atoms with E-state index in [1.165, 1.54) is 82.8 Å². The minimum absolute atomic E-state index is 1.09. The highest BCUT2D eigenvalue weighted by molar-refractivity contribution is 6.10. The second-order valence-corrected chi connectivity index (χ2v) is 17.4. The number of benzene rings is 11. The van der Waals surface area contributed by atoms with Gasteiger partial charge in [0, 0.05) is 45.1 Å². The molecule has 1 aromatic heterocycles. The summed E-state index contributed by atoms with van der Waals surface area (Å²) in [5.74, 6) is 0. The molecular formula is C68H51N3. The van der Waals surface area contributed by atoms with E-state index in [4.69, 9.17) is 0 Å². The molecule has 0 bridgehead atoms. The van der Waals surface area contributed by atoms with Crippen LogP contribution >= 0.6 is 0 Å². The van der Waals surface area contributed by atoms with Gasteiger partial charge in [-0.15, -0.1) is 0 Å². The van der Waals surface area contributed by atoms with Crippen LogP contribution in [0, 0.1) is 0 Å². The van der Waals surface area contributed by atoms with Crippen molar-refractivity contribution in [1.82, 2.24) is 4.57 Å². The third kappa shape index (κ3) is 9.28. The normalized spacial score (nSPS) is 11.1. The number of hydrogen-bond acceptors (Lipinski definition) is 2. The Kier molecular flexibility index (Phi) is 12.7. The SMILES string of the molecule is C=C/C=C/Nc1ccccc1.c1ccc(-c2ccc(N(c3ccccc3)c3ccc(-c4ccc(-c5ccc(-c6ccc7c(c6)c6ccccc6n7-c6ccccc6)cc5)cc4)c4ccccc34)cc2)cc1. The highest BCUT2D eigenvalue weighted by atomic mass is 15.1. The van der Waals surface area contributed by atoms with Crippen LogP contribution < -0.4 is 10.2 Å². The van der Waals surface area contributed by atoms with E-state index >= 15 is 0 Å². The minimum atomic E-state index is 1.09. The molecule has 0 aliphatic carbocycles. The number of anilines is 4. The van der Waals surface area contributed by atoms with Crippen molar-refractivity contribution in [2.24, 2.45) is 0 Å². The third-order valence-electron chi connectivity index (χ3n) is 13.1. The van der Waals surface area contributed by atoms with Crippen molar-refractivity contribution < 1.29 is 0 Å². The first-order chi connectivity index (χ1) is 35.2. The summed E-state index contributed by atoms with van der Waals surface area (Å²) in [5.41, 5.74) is 17.7. The van der Waals surface area contributed by atoms with Gasteiger partial charge in [-0.1, -0.05) is 213 Å². The van der Waals surface area contributed by atoms with Crippen molar-refractivity contribution in [3.8, 4) is 50.2 Å². The van der Waals surface area contributed by atoms with Crippen LogP contribution in [0.4, 0.5) is 22.7 Å². The smallest absolute Gasteiger partial charge is 0.0541 e. The van der Waals surface area contributed by atoms with E-state index in [0.717, 1.165) is 22.7 Å². The number of allylic oxidation sites excluding steroid dienone is 2. The molecule has 0 saturated carbocycles. The van der Waals surface area contributed by atoms with E-state index in [1.54, 1.807) is 6.08 Å². The topological polar surface area (TPSA) is 20.2 Å². The zero-order chi connectivity index (χ0) is 47.8. The van der Waals surface area contributed by atoms with Crippen LogP contribution in [-0.4, -0.2) is 4.57 Å². The second-order valence-electron chi connectivity index (χ2n) is 17.4. The molecule has 1 N–H and O–H groups in total. The molecule has 0 saturated heterocycles. The fourth-order valence-corrected chi connectivity index (χ4v) is 9.62. The molecule has 0 fully saturated rings. The lowest BCUT2D eigenvalue weighted by molar-refractivity contribution is 1.18. The van der Waals surface area contributed by atoms with Gasteiger partial charge < -0.3 is 14.8 Å². The Morgan fingerprint density at radius 3 is 1.46 bits per heavy atom. The van der Waals surface area contributed by atoms with Crippen LogP contribution in [0.2, 0.25) is 0 Å². The van der Waals surface area contributed by atoms with Crippen LogP contribution in [0.3, 0.4) is 0 Å². The largest absolute Gasteiger partial charge is 0.362 e. The van der Waals surface area contributed by atoms with Crippen molar-refractivity contribution in [3.05, 3.63) is 298 Å². The van der Waals surface area contributed by atoms with Gasteiger partial charge in [-0.2, -0.15) is 0 Å². The maximum absolute atomic E-state index is 3.57. The molecule has 0 radical (unpaired) electrons. The molecule has 1 heterocycles. The molecule has 3 nitrogen and oxygen atoms in total. The van der Waals surface area contributed by atoms with E-state index in [1.807, 2.05) is 42.6 Å². The average Bonchev–Trinajstić information content (AvgIpc) is 3.78. The van der Waals surface area contributed by atoms with E-state index < -0.39 is 0 Å². The molecule has 11 aromatic carbocycles. The Morgan fingerprint density at radius 1 is 0.352 bits per heavy atom. The van der Waals surface area contributed by atoms with Crippen LogP contribution in [0.25, 0.3) is 82.8 Å². The fraction of sp³-hybridized carbons (Fsp3) is 0. The van der Waals surface area contributed by atoms with E-state index in [-0.39, 0.29) is 0 Å². The van der Waals surface area contributed by atoms with Gasteiger partial charge >= 0.3 is 0 Å². The molecule has 0 spiro atoms. The highest BCUT2D eigenvalue weighted by Crippen LogP contribution is 2.43. The van der Waals surface area contributed by atoms with Crippen LogP contribution in [0.1, 0.15) is 0 Å². The minimum Gasteiger partial charge on any atom is -0.362 e. The molecule has 0 aliphatic rings. The third-order valence-corrected chi connectivity index (χ3v) is 13.1. The zero-order valence-electron chi connectivity index (χ0n) is 39.3. The van der Waals surface area contributed by atoms with Crippen molar-refractivity contribution in [1.29, 1.82) is 0 Å². The molecule has 0 amide bonds. The quantitative estimate of drug-likeness (QED) is 0.131. The van der Waals surface area contributed by atoms with Crippen LogP contribution in [0.15, 0.2) is 298 Å². The predicted molar refractivity (Wildman–Crippen MR) is 304 cm³/mol. The summed E-state index contributed by atoms with van der Waals surface area (Å²) in [5, 5.41) is 8.04. The fourth-order valence-electron chi connectivity index (χ4n) is 9.62. The molecular weight excluding hydrogens is 859 g/mol. The lowest BCUT2D eigenvalue weighted by atomic mass is 9.94. The maximum Gasteiger partial charge on any atom is 0.0541 e. The number of rotatable bonds is 11. The van der Waals surface area contributed by atoms with E-state index in [0.29, 0.717) is 0 Å². The Bertz CT molecular complexity index is 3750. The standard InChI is InChI=1S/C58H40N2.C10H11N/c1-4-14-41(15-5-1)44-32-35-50(36-33-44)59(48-16-6-2-7-17-48)57-39-37-51(52-20-10-11-21-53(52)57)46-30-28-43(29-31-46)42-24-26-45(27-25-42)47-34-38-58-55(40-47)54-22-12-13-23-56(54)60(58)49-18-8-3-9-19-49;1-2-3-9-11-10-7-5-4-6-8-10/h1-40H;2-9,11H,1H2/b;9-3+. The van der Waals surface area contributed by atoms with Crippen LogP contribution in [-0.2, 0) is 0 Å². The molecule has 3 heteroatoms. The molecule has 338 valence electrons. The summed E-state index contributed by atoms with van der Waals surface area (Å²) in [6.07, 6.45) is 5.44. The number of hydrogen-bond donors (Lipinski definition) is 1. The van der Waals surface area contributed by atoms with Crippen molar-refractivity contribution >= 4 is 55.3 Å². The second kappa shape index (κ2) is 20.4. The Labute approximate surface area is 416 Å². The number of nitrogens with one attached hydrogen (secondary N) is 1. The number of fused-ring (bicyclic) bond motifs is 4. The van der Waals surface area contributed by atoms with Gasteiger partial charge in [0.25, 0.3) is 0 Å². The van der Waals surface area contributed by atoms with Gasteiger partial charge in [-0.25, -0.2) is 0 Å². The monoisotopic (exact) mass is 909 g/mol. The van der Waals surface area contributed by atoms with Gasteiger partial charge in [0.15, 0.2) is 0 Å². The highest BCUT2D eigenvalue weighted by Gasteiger charge is 2.18. The molecule has 0 unspecified atom stereocenters. The van der Waals surface area contributed by atoms with E-state index in [9.17, 15) is 0 Å². The summed E-state index contributed by atoms with van der Waals surface area (Å²) < 4.78 is 2.36. The summed E-state index contributed by atoms with van der Waals surface area (Å²) in [7, 11) is 0. The summed E-state index contributed by atoms with van der Waals surface area (Å²) in [4.78, 5) is 2.37. The van der Waals surface area contributed by atoms with Gasteiger partial charge in [0.05, 0.1) is 16.7 Å². The van der Waals surface area contributed by atoms with Crippen molar-refractivity contribution in [2.45, 2.75) is 0 Å². The first-order valence-electron chi connectivity index (χ1n) is 24.1. The molecule has 0 aliphatic heterocycles. The first kappa shape index (κ1) is 44.1. The molecule has 71 heavy (non-hydrogen) atoms. The summed E-state index contributed by atoms with van der Waals surface area (Å²) >= 11 is 0. The maximum atomic E-state index is 3.57. The number of aromatic nitrogens is 1.